The van der Waals surface area contributed by atoms with Crippen LogP contribution in [0.15, 0.2) is 45.8 Å². The van der Waals surface area contributed by atoms with Crippen LogP contribution in [0.25, 0.3) is 10.9 Å². The third kappa shape index (κ3) is 4.85. The third-order valence-corrected chi connectivity index (χ3v) is 8.03. The first-order valence-electron chi connectivity index (χ1n) is 13.5. The van der Waals surface area contributed by atoms with Crippen molar-refractivity contribution in [3.05, 3.63) is 75.2 Å². The molecule has 1 aromatic carbocycles. The van der Waals surface area contributed by atoms with E-state index < -0.39 is 0 Å². The van der Waals surface area contributed by atoms with Gasteiger partial charge in [0.1, 0.15) is 11.8 Å². The van der Waals surface area contributed by atoms with Crippen LogP contribution in [0.4, 0.5) is 0 Å². The van der Waals surface area contributed by atoms with Gasteiger partial charge in [0.2, 0.25) is 0 Å². The molecule has 0 spiro atoms. The number of nitrogens with one attached hydrogen (secondary N) is 1. The number of fused-ring (bicyclic) bond motifs is 1. The second kappa shape index (κ2) is 10.2. The Morgan fingerprint density at radius 1 is 1.08 bits per heavy atom. The molecular formula is C28H35N7O2. The van der Waals surface area contributed by atoms with Gasteiger partial charge in [0.25, 0.3) is 5.56 Å². The molecule has 2 fully saturated rings. The number of hydrogen-bond acceptors (Lipinski definition) is 7. The fraction of sp³-hybridized carbons (Fsp3) is 0.500. The van der Waals surface area contributed by atoms with E-state index >= 15 is 0 Å². The van der Waals surface area contributed by atoms with Gasteiger partial charge in [-0.05, 0) is 72.3 Å². The first kappa shape index (κ1) is 24.1. The number of H-pyrrole nitrogens is 1. The summed E-state index contributed by atoms with van der Waals surface area (Å²) in [7, 11) is 0. The summed E-state index contributed by atoms with van der Waals surface area (Å²) >= 11 is 0. The molecule has 1 atom stereocenters. The third-order valence-electron chi connectivity index (χ3n) is 8.03. The van der Waals surface area contributed by atoms with E-state index in [4.69, 9.17) is 4.42 Å². The van der Waals surface area contributed by atoms with Crippen molar-refractivity contribution in [1.82, 2.24) is 35.0 Å². The smallest absolute Gasteiger partial charge is 0.253 e. The largest absolute Gasteiger partial charge is 0.468 e. The highest BCUT2D eigenvalue weighted by atomic mass is 16.3. The van der Waals surface area contributed by atoms with E-state index in [2.05, 4.69) is 55.4 Å². The molecule has 1 aliphatic heterocycles. The number of aryl methyl sites for hydroxylation is 2. The Labute approximate surface area is 216 Å². The second-order valence-electron chi connectivity index (χ2n) is 10.7. The average Bonchev–Trinajstić information content (AvgIpc) is 3.59. The van der Waals surface area contributed by atoms with E-state index in [0.717, 1.165) is 73.6 Å². The summed E-state index contributed by atoms with van der Waals surface area (Å²) in [6.45, 7) is 8.32. The lowest BCUT2D eigenvalue weighted by molar-refractivity contribution is 0.0937. The molecule has 2 aliphatic rings. The predicted octanol–water partition coefficient (Wildman–Crippen LogP) is 4.14. The molecule has 4 aromatic rings. The van der Waals surface area contributed by atoms with Crippen molar-refractivity contribution in [3.63, 3.8) is 0 Å². The molecule has 1 aliphatic carbocycles. The summed E-state index contributed by atoms with van der Waals surface area (Å²) in [5.41, 5.74) is 3.80. The van der Waals surface area contributed by atoms with Crippen LogP contribution in [0, 0.1) is 13.8 Å². The summed E-state index contributed by atoms with van der Waals surface area (Å²) in [6, 6.07) is 10.2. The van der Waals surface area contributed by atoms with Crippen LogP contribution >= 0.6 is 0 Å². The molecule has 9 nitrogen and oxygen atoms in total. The lowest BCUT2D eigenvalue weighted by Crippen LogP contribution is -2.48. The molecule has 4 heterocycles. The van der Waals surface area contributed by atoms with E-state index in [9.17, 15) is 4.79 Å². The molecule has 0 bridgehead atoms. The van der Waals surface area contributed by atoms with Crippen molar-refractivity contribution in [1.29, 1.82) is 0 Å². The van der Waals surface area contributed by atoms with Gasteiger partial charge in [0.15, 0.2) is 5.82 Å². The number of hydrogen-bond donors (Lipinski definition) is 1. The number of piperazine rings is 1. The van der Waals surface area contributed by atoms with Gasteiger partial charge in [0, 0.05) is 31.7 Å². The number of nitrogens with zero attached hydrogens (tertiary/aromatic N) is 6. The van der Waals surface area contributed by atoms with Crippen molar-refractivity contribution in [2.24, 2.45) is 0 Å². The summed E-state index contributed by atoms with van der Waals surface area (Å²) in [4.78, 5) is 21.6. The summed E-state index contributed by atoms with van der Waals surface area (Å²) in [5, 5.41) is 14.2. The number of aromatic nitrogens is 5. The van der Waals surface area contributed by atoms with Gasteiger partial charge in [-0.3, -0.25) is 14.6 Å². The van der Waals surface area contributed by atoms with Gasteiger partial charge >= 0.3 is 0 Å². The first-order chi connectivity index (χ1) is 18.1. The van der Waals surface area contributed by atoms with Crippen molar-refractivity contribution in [2.75, 3.05) is 26.2 Å². The zero-order chi connectivity index (χ0) is 25.4. The number of pyridine rings is 1. The summed E-state index contributed by atoms with van der Waals surface area (Å²) in [6.07, 6.45) is 7.52. The predicted molar refractivity (Wildman–Crippen MR) is 141 cm³/mol. The van der Waals surface area contributed by atoms with Gasteiger partial charge in [-0.15, -0.1) is 5.10 Å². The maximum atomic E-state index is 13.6. The van der Waals surface area contributed by atoms with Gasteiger partial charge in [0.05, 0.1) is 24.4 Å². The van der Waals surface area contributed by atoms with Gasteiger partial charge in [-0.25, -0.2) is 4.68 Å². The molecule has 0 radical (unpaired) electrons. The molecule has 3 aromatic heterocycles. The van der Waals surface area contributed by atoms with Crippen LogP contribution in [0.5, 0.6) is 0 Å². The molecule has 9 heteroatoms. The zero-order valence-corrected chi connectivity index (χ0v) is 21.7. The topological polar surface area (TPSA) is 96.1 Å². The monoisotopic (exact) mass is 501 g/mol. The average molecular weight is 502 g/mol. The van der Waals surface area contributed by atoms with Crippen molar-refractivity contribution in [3.8, 4) is 0 Å². The Kier molecular flexibility index (Phi) is 6.65. The van der Waals surface area contributed by atoms with Gasteiger partial charge < -0.3 is 9.40 Å². The fourth-order valence-electron chi connectivity index (χ4n) is 6.17. The highest BCUT2D eigenvalue weighted by molar-refractivity contribution is 5.83. The minimum absolute atomic E-state index is 0.0688. The van der Waals surface area contributed by atoms with Crippen molar-refractivity contribution >= 4 is 10.9 Å². The van der Waals surface area contributed by atoms with Gasteiger partial charge in [-0.1, -0.05) is 30.9 Å². The van der Waals surface area contributed by atoms with E-state index in [1.165, 1.54) is 24.8 Å². The number of aromatic amines is 1. The Balaban J connectivity index is 1.38. The molecule has 37 heavy (non-hydrogen) atoms. The summed E-state index contributed by atoms with van der Waals surface area (Å²) in [5.74, 6) is 1.75. The minimum Gasteiger partial charge on any atom is -0.468 e. The number of benzene rings is 1. The molecule has 1 saturated heterocycles. The van der Waals surface area contributed by atoms with Crippen LogP contribution in [0.2, 0.25) is 0 Å². The van der Waals surface area contributed by atoms with Crippen LogP contribution < -0.4 is 5.56 Å². The van der Waals surface area contributed by atoms with Crippen LogP contribution in [-0.2, 0) is 6.54 Å². The maximum Gasteiger partial charge on any atom is 0.253 e. The fourth-order valence-corrected chi connectivity index (χ4v) is 6.17. The van der Waals surface area contributed by atoms with Crippen LogP contribution in [-0.4, -0.2) is 61.2 Å². The number of furan rings is 1. The maximum absolute atomic E-state index is 13.6. The van der Waals surface area contributed by atoms with E-state index in [1.54, 1.807) is 6.26 Å². The SMILES string of the molecule is Cc1cc(C)c2[nH]c(=O)c(C(c3nnnn3C3CCCCC3)N3CCN(Cc4ccco4)CC3)cc2c1. The van der Waals surface area contributed by atoms with Gasteiger partial charge in [-0.2, -0.15) is 0 Å². The van der Waals surface area contributed by atoms with Crippen molar-refractivity contribution in [2.45, 2.75) is 64.6 Å². The standard InChI is InChI=1S/C28H35N7O2/c1-19-15-20(2)25-21(16-19)17-24(28(36)29-25)26(27-30-31-32-35(27)22-7-4-3-5-8-22)34-12-10-33(11-13-34)18-23-9-6-14-37-23/h6,9,14-17,22,26H,3-5,7-8,10-13,18H2,1-2H3,(H,29,36). The molecule has 6 rings (SSSR count). The number of rotatable bonds is 6. The molecule has 1 N–H and O–H groups in total. The van der Waals surface area contributed by atoms with E-state index in [1.807, 2.05) is 23.7 Å². The molecular weight excluding hydrogens is 466 g/mol. The number of tetrazole rings is 1. The minimum atomic E-state index is -0.309. The van der Waals surface area contributed by atoms with Crippen molar-refractivity contribution < 1.29 is 4.42 Å². The van der Waals surface area contributed by atoms with Crippen LogP contribution in [0.3, 0.4) is 0 Å². The second-order valence-corrected chi connectivity index (χ2v) is 10.7. The van der Waals surface area contributed by atoms with E-state index in [0.29, 0.717) is 5.56 Å². The Hall–Kier alpha value is -3.30. The lowest BCUT2D eigenvalue weighted by Gasteiger charge is -2.38. The van der Waals surface area contributed by atoms with E-state index in [-0.39, 0.29) is 17.6 Å². The lowest BCUT2D eigenvalue weighted by atomic mass is 9.95. The highest BCUT2D eigenvalue weighted by Gasteiger charge is 2.34. The Morgan fingerprint density at radius 2 is 1.89 bits per heavy atom. The molecule has 194 valence electrons. The molecule has 1 saturated carbocycles. The summed E-state index contributed by atoms with van der Waals surface area (Å²) < 4.78 is 7.58. The normalized spacial score (nSPS) is 19.0. The zero-order valence-electron chi connectivity index (χ0n) is 21.7. The molecule has 1 unspecified atom stereocenters. The molecule has 0 amide bonds. The quantitative estimate of drug-likeness (QED) is 0.424. The first-order valence-corrected chi connectivity index (χ1v) is 13.5. The Morgan fingerprint density at radius 3 is 2.65 bits per heavy atom. The van der Waals surface area contributed by atoms with Crippen LogP contribution in [0.1, 0.15) is 72.5 Å². The Bertz CT molecular complexity index is 1410. The highest BCUT2D eigenvalue weighted by Crippen LogP contribution is 2.33.